The molecule has 1 amide bonds. The van der Waals surface area contributed by atoms with Gasteiger partial charge < -0.3 is 15.3 Å². The Kier molecular flexibility index (Phi) is 4.21. The second kappa shape index (κ2) is 5.71. The largest absolute Gasteiger partial charge is 0.478 e. The number of nitrogens with zero attached hydrogens (tertiary/aromatic N) is 1. The zero-order valence-corrected chi connectivity index (χ0v) is 12.1. The van der Waals surface area contributed by atoms with E-state index in [1.165, 1.54) is 0 Å². The molecular weight excluding hydrogens is 312 g/mol. The minimum Gasteiger partial charge on any atom is -0.478 e. The van der Waals surface area contributed by atoms with E-state index >= 15 is 0 Å². The lowest BCUT2D eigenvalue weighted by Crippen LogP contribution is -2.36. The van der Waals surface area contributed by atoms with Crippen LogP contribution in [-0.4, -0.2) is 41.5 Å². The average Bonchev–Trinajstić information content (AvgIpc) is 2.68. The minimum atomic E-state index is -0.951. The number of amides is 1. The fourth-order valence-corrected chi connectivity index (χ4v) is 2.59. The Hall–Kier alpha value is -1.40. The van der Waals surface area contributed by atoms with Crippen LogP contribution in [0.3, 0.4) is 0 Å². The maximum absolute atomic E-state index is 11.7. The van der Waals surface area contributed by atoms with E-state index in [0.717, 1.165) is 23.0 Å². The van der Waals surface area contributed by atoms with Crippen LogP contribution in [-0.2, 0) is 11.3 Å². The Balaban J connectivity index is 2.00. The van der Waals surface area contributed by atoms with Gasteiger partial charge in [0.05, 0.1) is 11.6 Å². The van der Waals surface area contributed by atoms with Gasteiger partial charge in [-0.15, -0.1) is 0 Å². The summed E-state index contributed by atoms with van der Waals surface area (Å²) in [6, 6.07) is 4.74. The number of likely N-dealkylation sites (tertiary alicyclic amines) is 1. The predicted molar refractivity (Wildman–Crippen MR) is 74.0 cm³/mol. The number of hydrogen-bond donors (Lipinski definition) is 2. The summed E-state index contributed by atoms with van der Waals surface area (Å²) in [6.45, 7) is 1.31. The van der Waals surface area contributed by atoms with Crippen molar-refractivity contribution >= 4 is 27.8 Å². The molecule has 2 rings (SSSR count). The number of carbonyl (C=O) groups is 2. The van der Waals surface area contributed by atoms with Gasteiger partial charge in [-0.3, -0.25) is 4.79 Å². The van der Waals surface area contributed by atoms with Gasteiger partial charge in [0, 0.05) is 24.6 Å². The van der Waals surface area contributed by atoms with Gasteiger partial charge in [-0.05, 0) is 24.1 Å². The van der Waals surface area contributed by atoms with Crippen molar-refractivity contribution in [2.45, 2.75) is 19.0 Å². The first kappa shape index (κ1) is 14.0. The molecule has 1 heterocycles. The maximum Gasteiger partial charge on any atom is 0.335 e. The van der Waals surface area contributed by atoms with Crippen LogP contribution in [0.5, 0.6) is 0 Å². The number of halogens is 1. The molecule has 1 saturated heterocycles. The van der Waals surface area contributed by atoms with Crippen molar-refractivity contribution in [3.05, 3.63) is 33.8 Å². The van der Waals surface area contributed by atoms with Crippen LogP contribution in [0.25, 0.3) is 0 Å². The van der Waals surface area contributed by atoms with Crippen LogP contribution in [0, 0.1) is 0 Å². The minimum absolute atomic E-state index is 0.110. The van der Waals surface area contributed by atoms with Crippen molar-refractivity contribution < 1.29 is 14.7 Å². The molecule has 1 aliphatic heterocycles. The van der Waals surface area contributed by atoms with Crippen molar-refractivity contribution in [2.24, 2.45) is 0 Å². The lowest BCUT2D eigenvalue weighted by Gasteiger charge is -2.13. The number of carbonyl (C=O) groups excluding carboxylic acids is 1. The van der Waals surface area contributed by atoms with Gasteiger partial charge in [0.15, 0.2) is 0 Å². The highest BCUT2D eigenvalue weighted by Gasteiger charge is 2.28. The number of rotatable bonds is 4. The molecule has 19 heavy (non-hydrogen) atoms. The number of likely N-dealkylation sites (N-methyl/N-ethyl adjacent to an activating group) is 1. The molecule has 1 aromatic carbocycles. The number of carboxylic acid groups (broad SMARTS) is 1. The number of aromatic carboxylic acids is 1. The van der Waals surface area contributed by atoms with Crippen LogP contribution < -0.4 is 5.32 Å². The van der Waals surface area contributed by atoms with Crippen LogP contribution in [0.2, 0.25) is 0 Å². The van der Waals surface area contributed by atoms with Gasteiger partial charge in [-0.2, -0.15) is 0 Å². The fraction of sp³-hybridized carbons (Fsp3) is 0.385. The summed E-state index contributed by atoms with van der Waals surface area (Å²) < 4.78 is 0.735. The standard InChI is InChI=1S/C13H15BrN2O3/c1-16-5-4-11(12(16)17)15-7-9-3-2-8(13(18)19)6-10(9)14/h2-3,6,11,15H,4-5,7H2,1H3,(H,18,19). The number of benzene rings is 1. The Morgan fingerprint density at radius 3 is 2.84 bits per heavy atom. The molecule has 2 N–H and O–H groups in total. The second-order valence-electron chi connectivity index (χ2n) is 4.59. The van der Waals surface area contributed by atoms with Gasteiger partial charge in [-0.25, -0.2) is 4.79 Å². The molecule has 1 atom stereocenters. The van der Waals surface area contributed by atoms with Crippen LogP contribution in [0.15, 0.2) is 22.7 Å². The van der Waals surface area contributed by atoms with Gasteiger partial charge in [-0.1, -0.05) is 22.0 Å². The Labute approximate surface area is 119 Å². The summed E-state index contributed by atoms with van der Waals surface area (Å²) in [4.78, 5) is 24.3. The number of carboxylic acids is 1. The quantitative estimate of drug-likeness (QED) is 0.879. The first-order chi connectivity index (χ1) is 8.99. The zero-order valence-electron chi connectivity index (χ0n) is 10.5. The third kappa shape index (κ3) is 3.13. The summed E-state index contributed by atoms with van der Waals surface area (Å²) in [7, 11) is 1.79. The molecule has 1 aromatic rings. The first-order valence-electron chi connectivity index (χ1n) is 5.99. The van der Waals surface area contributed by atoms with Crippen LogP contribution >= 0.6 is 15.9 Å². The van der Waals surface area contributed by atoms with Crippen LogP contribution in [0.1, 0.15) is 22.3 Å². The summed E-state index contributed by atoms with van der Waals surface area (Å²) in [5, 5.41) is 12.1. The molecule has 1 fully saturated rings. The third-order valence-electron chi connectivity index (χ3n) is 3.27. The molecule has 0 saturated carbocycles. The third-order valence-corrected chi connectivity index (χ3v) is 4.00. The molecule has 0 radical (unpaired) electrons. The van der Waals surface area contributed by atoms with Gasteiger partial charge in [0.1, 0.15) is 0 Å². The molecule has 1 unspecified atom stereocenters. The number of nitrogens with one attached hydrogen (secondary N) is 1. The van der Waals surface area contributed by atoms with E-state index < -0.39 is 5.97 Å². The highest BCUT2D eigenvalue weighted by atomic mass is 79.9. The molecule has 0 aliphatic carbocycles. The summed E-state index contributed by atoms with van der Waals surface area (Å²) >= 11 is 3.35. The molecule has 6 heteroatoms. The SMILES string of the molecule is CN1CCC(NCc2ccc(C(=O)O)cc2Br)C1=O. The molecule has 102 valence electrons. The van der Waals surface area contributed by atoms with E-state index in [2.05, 4.69) is 21.2 Å². The smallest absolute Gasteiger partial charge is 0.335 e. The maximum atomic E-state index is 11.7. The van der Waals surface area contributed by atoms with Crippen molar-refractivity contribution in [1.82, 2.24) is 10.2 Å². The van der Waals surface area contributed by atoms with E-state index in [-0.39, 0.29) is 17.5 Å². The van der Waals surface area contributed by atoms with Gasteiger partial charge in [0.2, 0.25) is 5.91 Å². The molecule has 0 aromatic heterocycles. The number of hydrogen-bond acceptors (Lipinski definition) is 3. The first-order valence-corrected chi connectivity index (χ1v) is 6.78. The molecule has 1 aliphatic rings. The monoisotopic (exact) mass is 326 g/mol. The average molecular weight is 327 g/mol. The van der Waals surface area contributed by atoms with Crippen molar-refractivity contribution in [1.29, 1.82) is 0 Å². The highest BCUT2D eigenvalue weighted by molar-refractivity contribution is 9.10. The normalized spacial score (nSPS) is 18.9. The molecule has 5 nitrogen and oxygen atoms in total. The molecule has 0 bridgehead atoms. The van der Waals surface area contributed by atoms with Crippen molar-refractivity contribution in [2.75, 3.05) is 13.6 Å². The van der Waals surface area contributed by atoms with E-state index in [0.29, 0.717) is 6.54 Å². The highest BCUT2D eigenvalue weighted by Crippen LogP contribution is 2.19. The second-order valence-corrected chi connectivity index (χ2v) is 5.45. The van der Waals surface area contributed by atoms with Gasteiger partial charge in [0.25, 0.3) is 0 Å². The topological polar surface area (TPSA) is 69.6 Å². The summed E-state index contributed by atoms with van der Waals surface area (Å²) in [5.41, 5.74) is 1.18. The molecule has 0 spiro atoms. The van der Waals surface area contributed by atoms with Crippen molar-refractivity contribution in [3.8, 4) is 0 Å². The lowest BCUT2D eigenvalue weighted by molar-refractivity contribution is -0.128. The van der Waals surface area contributed by atoms with Gasteiger partial charge >= 0.3 is 5.97 Å². The van der Waals surface area contributed by atoms with E-state index in [4.69, 9.17) is 5.11 Å². The summed E-state index contributed by atoms with van der Waals surface area (Å²) in [6.07, 6.45) is 0.806. The molecular formula is C13H15BrN2O3. The summed E-state index contributed by atoms with van der Waals surface area (Å²) in [5.74, 6) is -0.842. The zero-order chi connectivity index (χ0) is 14.0. The van der Waals surface area contributed by atoms with E-state index in [1.807, 2.05) is 0 Å². The lowest BCUT2D eigenvalue weighted by atomic mass is 10.1. The van der Waals surface area contributed by atoms with Crippen LogP contribution in [0.4, 0.5) is 0 Å². The Bertz CT molecular complexity index is 519. The van der Waals surface area contributed by atoms with E-state index in [1.54, 1.807) is 30.1 Å². The van der Waals surface area contributed by atoms with E-state index in [9.17, 15) is 9.59 Å². The van der Waals surface area contributed by atoms with Crippen molar-refractivity contribution in [3.63, 3.8) is 0 Å². The fourth-order valence-electron chi connectivity index (χ4n) is 2.07. The Morgan fingerprint density at radius 1 is 1.58 bits per heavy atom. The predicted octanol–water partition coefficient (Wildman–Crippen LogP) is 1.47. The Morgan fingerprint density at radius 2 is 2.32 bits per heavy atom.